The van der Waals surface area contributed by atoms with Gasteiger partial charge in [0.25, 0.3) is 5.91 Å². The Morgan fingerprint density at radius 2 is 1.82 bits per heavy atom. The lowest BCUT2D eigenvalue weighted by Crippen LogP contribution is -2.52. The SMILES string of the molecule is COc1ccc(NC(=O)C2(N)CCCCC2)cc1NC(=O)c1cccc(F)c1. The molecule has 1 saturated carbocycles. The van der Waals surface area contributed by atoms with Crippen LogP contribution in [0.5, 0.6) is 5.75 Å². The predicted octanol–water partition coefficient (Wildman–Crippen LogP) is 3.69. The molecule has 2 amide bonds. The monoisotopic (exact) mass is 385 g/mol. The number of rotatable bonds is 5. The summed E-state index contributed by atoms with van der Waals surface area (Å²) >= 11 is 0. The van der Waals surface area contributed by atoms with Crippen LogP contribution in [0.2, 0.25) is 0 Å². The maximum absolute atomic E-state index is 13.4. The number of hydrogen-bond donors (Lipinski definition) is 3. The summed E-state index contributed by atoms with van der Waals surface area (Å²) < 4.78 is 18.6. The zero-order chi connectivity index (χ0) is 20.1. The van der Waals surface area contributed by atoms with E-state index in [1.54, 1.807) is 18.2 Å². The van der Waals surface area contributed by atoms with Gasteiger partial charge in [-0.15, -0.1) is 0 Å². The molecule has 6 nitrogen and oxygen atoms in total. The van der Waals surface area contributed by atoms with Crippen LogP contribution >= 0.6 is 0 Å². The molecule has 28 heavy (non-hydrogen) atoms. The van der Waals surface area contributed by atoms with Crippen molar-refractivity contribution in [1.82, 2.24) is 0 Å². The first-order valence-electron chi connectivity index (χ1n) is 9.26. The Morgan fingerprint density at radius 1 is 1.07 bits per heavy atom. The number of carbonyl (C=O) groups excluding carboxylic acids is 2. The summed E-state index contributed by atoms with van der Waals surface area (Å²) in [6.45, 7) is 0. The minimum absolute atomic E-state index is 0.180. The molecule has 148 valence electrons. The molecule has 0 heterocycles. The molecule has 4 N–H and O–H groups in total. The molecular formula is C21H24FN3O3. The van der Waals surface area contributed by atoms with Gasteiger partial charge in [-0.1, -0.05) is 25.3 Å². The molecule has 0 radical (unpaired) electrons. The van der Waals surface area contributed by atoms with Crippen LogP contribution in [0.4, 0.5) is 15.8 Å². The normalized spacial score (nSPS) is 15.5. The lowest BCUT2D eigenvalue weighted by Gasteiger charge is -2.31. The van der Waals surface area contributed by atoms with Gasteiger partial charge in [-0.25, -0.2) is 4.39 Å². The topological polar surface area (TPSA) is 93.4 Å². The van der Waals surface area contributed by atoms with Crippen molar-refractivity contribution < 1.29 is 18.7 Å². The number of halogens is 1. The lowest BCUT2D eigenvalue weighted by molar-refractivity contribution is -0.122. The fourth-order valence-electron chi connectivity index (χ4n) is 3.37. The quantitative estimate of drug-likeness (QED) is 0.732. The molecule has 0 unspecified atom stereocenters. The van der Waals surface area contributed by atoms with Gasteiger partial charge in [-0.05, 0) is 49.2 Å². The zero-order valence-electron chi connectivity index (χ0n) is 15.8. The Kier molecular flexibility index (Phi) is 5.94. The molecule has 0 bridgehead atoms. The van der Waals surface area contributed by atoms with E-state index in [2.05, 4.69) is 10.6 Å². The first kappa shape index (κ1) is 19.8. The van der Waals surface area contributed by atoms with Crippen molar-refractivity contribution in [3.05, 3.63) is 53.8 Å². The number of ether oxygens (including phenoxy) is 1. The van der Waals surface area contributed by atoms with E-state index >= 15 is 0 Å². The molecule has 1 aliphatic rings. The highest BCUT2D eigenvalue weighted by molar-refractivity contribution is 6.06. The van der Waals surface area contributed by atoms with Gasteiger partial charge in [0, 0.05) is 11.3 Å². The summed E-state index contributed by atoms with van der Waals surface area (Å²) in [7, 11) is 1.47. The van der Waals surface area contributed by atoms with Crippen molar-refractivity contribution in [2.75, 3.05) is 17.7 Å². The van der Waals surface area contributed by atoms with Crippen LogP contribution < -0.4 is 21.1 Å². The van der Waals surface area contributed by atoms with Crippen molar-refractivity contribution in [2.45, 2.75) is 37.6 Å². The number of hydrogen-bond acceptors (Lipinski definition) is 4. The van der Waals surface area contributed by atoms with Crippen LogP contribution in [-0.2, 0) is 4.79 Å². The van der Waals surface area contributed by atoms with E-state index in [1.807, 2.05) is 0 Å². The maximum Gasteiger partial charge on any atom is 0.255 e. The van der Waals surface area contributed by atoms with Gasteiger partial charge in [0.1, 0.15) is 11.6 Å². The van der Waals surface area contributed by atoms with E-state index in [4.69, 9.17) is 10.5 Å². The fraction of sp³-hybridized carbons (Fsp3) is 0.333. The molecule has 7 heteroatoms. The van der Waals surface area contributed by atoms with Crippen molar-refractivity contribution in [1.29, 1.82) is 0 Å². The summed E-state index contributed by atoms with van der Waals surface area (Å²) in [4.78, 5) is 25.1. The van der Waals surface area contributed by atoms with Gasteiger partial charge in [-0.3, -0.25) is 9.59 Å². The van der Waals surface area contributed by atoms with Crippen LogP contribution in [0.25, 0.3) is 0 Å². The second-order valence-corrected chi connectivity index (χ2v) is 7.05. The number of carbonyl (C=O) groups is 2. The van der Waals surface area contributed by atoms with Crippen LogP contribution in [0.1, 0.15) is 42.5 Å². The fourth-order valence-corrected chi connectivity index (χ4v) is 3.37. The van der Waals surface area contributed by atoms with Gasteiger partial charge in [0.15, 0.2) is 0 Å². The molecule has 3 rings (SSSR count). The van der Waals surface area contributed by atoms with Gasteiger partial charge >= 0.3 is 0 Å². The summed E-state index contributed by atoms with van der Waals surface area (Å²) in [6.07, 6.45) is 4.25. The van der Waals surface area contributed by atoms with Crippen molar-refractivity contribution in [3.63, 3.8) is 0 Å². The van der Waals surface area contributed by atoms with Crippen molar-refractivity contribution >= 4 is 23.2 Å². The summed E-state index contributed by atoms with van der Waals surface area (Å²) in [6, 6.07) is 10.3. The highest BCUT2D eigenvalue weighted by Crippen LogP contribution is 2.31. The molecule has 2 aromatic carbocycles. The number of nitrogens with one attached hydrogen (secondary N) is 2. The van der Waals surface area contributed by atoms with E-state index in [-0.39, 0.29) is 11.5 Å². The summed E-state index contributed by atoms with van der Waals surface area (Å²) in [5.41, 5.74) is 6.44. The molecule has 2 aromatic rings. The number of nitrogens with two attached hydrogens (primary N) is 1. The van der Waals surface area contributed by atoms with Crippen LogP contribution in [0.15, 0.2) is 42.5 Å². The largest absolute Gasteiger partial charge is 0.495 e. The Labute approximate surface area is 163 Å². The Morgan fingerprint density at radius 3 is 2.50 bits per heavy atom. The van der Waals surface area contributed by atoms with E-state index in [9.17, 15) is 14.0 Å². The molecule has 0 spiro atoms. The molecule has 1 fully saturated rings. The summed E-state index contributed by atoms with van der Waals surface area (Å²) in [5, 5.41) is 5.53. The molecular weight excluding hydrogens is 361 g/mol. The van der Waals surface area contributed by atoms with Crippen molar-refractivity contribution in [3.8, 4) is 5.75 Å². The number of anilines is 2. The Bertz CT molecular complexity index is 879. The zero-order valence-corrected chi connectivity index (χ0v) is 15.8. The van der Waals surface area contributed by atoms with Crippen LogP contribution in [0, 0.1) is 5.82 Å². The van der Waals surface area contributed by atoms with E-state index < -0.39 is 17.3 Å². The Hall–Kier alpha value is -2.93. The second-order valence-electron chi connectivity index (χ2n) is 7.05. The number of amides is 2. The predicted molar refractivity (Wildman–Crippen MR) is 106 cm³/mol. The molecule has 0 atom stereocenters. The lowest BCUT2D eigenvalue weighted by atomic mass is 9.82. The van der Waals surface area contributed by atoms with Gasteiger partial charge in [0.2, 0.25) is 5.91 Å². The average molecular weight is 385 g/mol. The molecule has 0 aromatic heterocycles. The van der Waals surface area contributed by atoms with Crippen LogP contribution in [-0.4, -0.2) is 24.5 Å². The third-order valence-electron chi connectivity index (χ3n) is 4.99. The molecule has 0 aliphatic heterocycles. The van der Waals surface area contributed by atoms with Crippen molar-refractivity contribution in [2.24, 2.45) is 5.73 Å². The van der Waals surface area contributed by atoms with E-state index in [0.29, 0.717) is 30.0 Å². The van der Waals surface area contributed by atoms with Crippen LogP contribution in [0.3, 0.4) is 0 Å². The smallest absolute Gasteiger partial charge is 0.255 e. The minimum atomic E-state index is -0.872. The highest BCUT2D eigenvalue weighted by Gasteiger charge is 2.35. The first-order valence-corrected chi connectivity index (χ1v) is 9.26. The standard InChI is InChI=1S/C21H24FN3O3/c1-28-18-9-8-16(24-20(27)21(23)10-3-2-4-11-21)13-17(18)25-19(26)14-6-5-7-15(22)12-14/h5-9,12-13H,2-4,10-11,23H2,1H3,(H,24,27)(H,25,26). The highest BCUT2D eigenvalue weighted by atomic mass is 19.1. The summed E-state index contributed by atoms with van der Waals surface area (Å²) in [5.74, 6) is -0.798. The minimum Gasteiger partial charge on any atom is -0.495 e. The molecule has 0 saturated heterocycles. The third kappa shape index (κ3) is 4.48. The van der Waals surface area contributed by atoms with E-state index in [0.717, 1.165) is 25.3 Å². The second kappa shape index (κ2) is 8.39. The average Bonchev–Trinajstić information content (AvgIpc) is 2.69. The Balaban J connectivity index is 1.78. The van der Waals surface area contributed by atoms with Gasteiger partial charge in [0.05, 0.1) is 18.3 Å². The van der Waals surface area contributed by atoms with Gasteiger partial charge in [-0.2, -0.15) is 0 Å². The van der Waals surface area contributed by atoms with Gasteiger partial charge < -0.3 is 21.1 Å². The third-order valence-corrected chi connectivity index (χ3v) is 4.99. The molecule has 1 aliphatic carbocycles. The maximum atomic E-state index is 13.4. The number of benzene rings is 2. The first-order chi connectivity index (χ1) is 13.4. The van der Waals surface area contributed by atoms with E-state index in [1.165, 1.54) is 25.3 Å². The number of methoxy groups -OCH3 is 1.